The predicted octanol–water partition coefficient (Wildman–Crippen LogP) is 1.42. The molecular weight excluding hydrogens is 202 g/mol. The molecule has 86 valence electrons. The van der Waals surface area contributed by atoms with Crippen molar-refractivity contribution in [2.75, 3.05) is 6.54 Å². The molecule has 2 unspecified atom stereocenters. The van der Waals surface area contributed by atoms with Crippen molar-refractivity contribution in [3.05, 3.63) is 24.3 Å². The van der Waals surface area contributed by atoms with E-state index in [1.165, 1.54) is 6.42 Å². The second kappa shape index (κ2) is 5.16. The molecule has 1 heterocycles. The summed E-state index contributed by atoms with van der Waals surface area (Å²) in [4.78, 5) is 20.2. The monoisotopic (exact) mass is 219 g/mol. The van der Waals surface area contributed by atoms with Crippen LogP contribution in [0.5, 0.6) is 0 Å². The lowest BCUT2D eigenvalue weighted by Gasteiger charge is -2.28. The van der Waals surface area contributed by atoms with Gasteiger partial charge in [0.25, 0.3) is 0 Å². The number of hydrogen-bond donors (Lipinski definition) is 1. The number of nitrogens with two attached hydrogens (primary N) is 1. The lowest BCUT2D eigenvalue weighted by molar-refractivity contribution is 0.0824. The van der Waals surface area contributed by atoms with E-state index in [-0.39, 0.29) is 11.7 Å². The molecule has 4 nitrogen and oxygen atoms in total. The van der Waals surface area contributed by atoms with E-state index in [1.54, 1.807) is 18.6 Å². The van der Waals surface area contributed by atoms with Crippen molar-refractivity contribution in [2.24, 2.45) is 17.6 Å². The highest BCUT2D eigenvalue weighted by Gasteiger charge is 2.31. The Morgan fingerprint density at radius 2 is 2.19 bits per heavy atom. The second-order valence-corrected chi connectivity index (χ2v) is 4.34. The van der Waals surface area contributed by atoms with Gasteiger partial charge in [-0.3, -0.25) is 9.78 Å². The van der Waals surface area contributed by atoms with E-state index in [0.29, 0.717) is 18.2 Å². The van der Waals surface area contributed by atoms with Crippen LogP contribution in [-0.2, 0) is 0 Å². The molecular formula is C12H17N3O. The molecule has 1 aliphatic carbocycles. The molecule has 1 aromatic heterocycles. The first-order chi connectivity index (χ1) is 7.83. The maximum atomic E-state index is 12.2. The molecule has 1 fully saturated rings. The SMILES string of the molecule is NCC1CCCCC1C(=O)c1cnccn1. The largest absolute Gasteiger partial charge is 0.330 e. The van der Waals surface area contributed by atoms with Gasteiger partial charge in [-0.05, 0) is 25.3 Å². The van der Waals surface area contributed by atoms with Crippen molar-refractivity contribution in [1.29, 1.82) is 0 Å². The summed E-state index contributed by atoms with van der Waals surface area (Å²) in [7, 11) is 0. The van der Waals surface area contributed by atoms with Gasteiger partial charge >= 0.3 is 0 Å². The lowest BCUT2D eigenvalue weighted by Crippen LogP contribution is -2.32. The first-order valence-corrected chi connectivity index (χ1v) is 5.83. The van der Waals surface area contributed by atoms with Crippen LogP contribution in [0, 0.1) is 11.8 Å². The molecule has 2 atom stereocenters. The van der Waals surface area contributed by atoms with Crippen molar-refractivity contribution in [2.45, 2.75) is 25.7 Å². The molecule has 0 spiro atoms. The minimum absolute atomic E-state index is 0.0513. The molecule has 0 saturated heterocycles. The van der Waals surface area contributed by atoms with E-state index in [4.69, 9.17) is 5.73 Å². The van der Waals surface area contributed by atoms with Crippen molar-refractivity contribution in [3.63, 3.8) is 0 Å². The Morgan fingerprint density at radius 1 is 1.38 bits per heavy atom. The zero-order valence-corrected chi connectivity index (χ0v) is 9.30. The number of rotatable bonds is 3. The average Bonchev–Trinajstić information content (AvgIpc) is 2.39. The Kier molecular flexibility index (Phi) is 3.62. The number of aromatic nitrogens is 2. The fourth-order valence-corrected chi connectivity index (χ4v) is 2.45. The van der Waals surface area contributed by atoms with Gasteiger partial charge in [0, 0.05) is 18.3 Å². The van der Waals surface area contributed by atoms with Gasteiger partial charge in [0.1, 0.15) is 5.69 Å². The van der Waals surface area contributed by atoms with Gasteiger partial charge in [0.05, 0.1) is 6.20 Å². The summed E-state index contributed by atoms with van der Waals surface area (Å²) in [6.07, 6.45) is 9.00. The predicted molar refractivity (Wildman–Crippen MR) is 60.9 cm³/mol. The van der Waals surface area contributed by atoms with Gasteiger partial charge in [0.15, 0.2) is 5.78 Å². The van der Waals surface area contributed by atoms with E-state index >= 15 is 0 Å². The van der Waals surface area contributed by atoms with Gasteiger partial charge in [0.2, 0.25) is 0 Å². The van der Waals surface area contributed by atoms with Crippen LogP contribution >= 0.6 is 0 Å². The van der Waals surface area contributed by atoms with Gasteiger partial charge in [-0.2, -0.15) is 0 Å². The topological polar surface area (TPSA) is 68.9 Å². The summed E-state index contributed by atoms with van der Waals surface area (Å²) in [5.74, 6) is 0.488. The maximum Gasteiger partial charge on any atom is 0.186 e. The van der Waals surface area contributed by atoms with Gasteiger partial charge in [-0.15, -0.1) is 0 Å². The first-order valence-electron chi connectivity index (χ1n) is 5.83. The van der Waals surface area contributed by atoms with Crippen LogP contribution in [0.4, 0.5) is 0 Å². The van der Waals surface area contributed by atoms with Crippen LogP contribution in [0.3, 0.4) is 0 Å². The van der Waals surface area contributed by atoms with Crippen molar-refractivity contribution >= 4 is 5.78 Å². The van der Waals surface area contributed by atoms with Crippen LogP contribution in [0.1, 0.15) is 36.2 Å². The Labute approximate surface area is 95.3 Å². The molecule has 4 heteroatoms. The number of hydrogen-bond acceptors (Lipinski definition) is 4. The molecule has 1 saturated carbocycles. The van der Waals surface area contributed by atoms with Gasteiger partial charge in [-0.1, -0.05) is 12.8 Å². The minimum atomic E-state index is 0.0513. The van der Waals surface area contributed by atoms with Crippen LogP contribution in [0.2, 0.25) is 0 Å². The van der Waals surface area contributed by atoms with E-state index in [0.717, 1.165) is 19.3 Å². The molecule has 1 aliphatic rings. The first kappa shape index (κ1) is 11.2. The molecule has 0 amide bonds. The normalized spacial score (nSPS) is 25.3. The molecule has 16 heavy (non-hydrogen) atoms. The van der Waals surface area contributed by atoms with Crippen LogP contribution in [0.25, 0.3) is 0 Å². The Hall–Kier alpha value is -1.29. The highest BCUT2D eigenvalue weighted by atomic mass is 16.1. The quantitative estimate of drug-likeness (QED) is 0.781. The third-order valence-electron chi connectivity index (χ3n) is 3.36. The molecule has 1 aromatic rings. The molecule has 2 N–H and O–H groups in total. The number of carbonyl (C=O) groups excluding carboxylic acids is 1. The summed E-state index contributed by atoms with van der Waals surface area (Å²) >= 11 is 0. The van der Waals surface area contributed by atoms with Gasteiger partial charge in [-0.25, -0.2) is 4.98 Å². The number of nitrogens with zero attached hydrogens (tertiary/aromatic N) is 2. The summed E-state index contributed by atoms with van der Waals surface area (Å²) in [5.41, 5.74) is 6.20. The molecule has 0 aromatic carbocycles. The van der Waals surface area contributed by atoms with Crippen molar-refractivity contribution in [1.82, 2.24) is 9.97 Å². The van der Waals surface area contributed by atoms with Crippen LogP contribution in [0.15, 0.2) is 18.6 Å². The molecule has 0 radical (unpaired) electrons. The fourth-order valence-electron chi connectivity index (χ4n) is 2.45. The summed E-state index contributed by atoms with van der Waals surface area (Å²) in [6.45, 7) is 0.594. The number of Topliss-reactive ketones (excluding diaryl/α,β-unsaturated/α-hetero) is 1. The maximum absolute atomic E-state index is 12.2. The molecule has 0 bridgehead atoms. The highest BCUT2D eigenvalue weighted by molar-refractivity contribution is 5.96. The average molecular weight is 219 g/mol. The minimum Gasteiger partial charge on any atom is -0.330 e. The summed E-state index contributed by atoms with van der Waals surface area (Å²) in [6, 6.07) is 0. The van der Waals surface area contributed by atoms with Crippen LogP contribution < -0.4 is 5.73 Å². The van der Waals surface area contributed by atoms with E-state index in [9.17, 15) is 4.79 Å². The number of carbonyl (C=O) groups is 1. The Bertz CT molecular complexity index is 353. The zero-order chi connectivity index (χ0) is 11.4. The Balaban J connectivity index is 2.14. The Morgan fingerprint density at radius 3 is 2.88 bits per heavy atom. The summed E-state index contributed by atoms with van der Waals surface area (Å²) < 4.78 is 0. The smallest absolute Gasteiger partial charge is 0.186 e. The standard InChI is InChI=1S/C12H17N3O/c13-7-9-3-1-2-4-10(9)12(16)11-8-14-5-6-15-11/h5-6,8-10H,1-4,7,13H2. The third kappa shape index (κ3) is 2.27. The second-order valence-electron chi connectivity index (χ2n) is 4.34. The molecule has 0 aliphatic heterocycles. The van der Waals surface area contributed by atoms with Crippen molar-refractivity contribution < 1.29 is 4.79 Å². The molecule has 2 rings (SSSR count). The van der Waals surface area contributed by atoms with E-state index < -0.39 is 0 Å². The van der Waals surface area contributed by atoms with Crippen LogP contribution in [-0.4, -0.2) is 22.3 Å². The number of ketones is 1. The van der Waals surface area contributed by atoms with E-state index in [1.807, 2.05) is 0 Å². The highest BCUT2D eigenvalue weighted by Crippen LogP contribution is 2.31. The lowest BCUT2D eigenvalue weighted by atomic mass is 9.76. The fraction of sp³-hybridized carbons (Fsp3) is 0.583. The third-order valence-corrected chi connectivity index (χ3v) is 3.36. The van der Waals surface area contributed by atoms with Crippen molar-refractivity contribution in [3.8, 4) is 0 Å². The summed E-state index contributed by atoms with van der Waals surface area (Å²) in [5, 5.41) is 0. The zero-order valence-electron chi connectivity index (χ0n) is 9.30. The van der Waals surface area contributed by atoms with Gasteiger partial charge < -0.3 is 5.73 Å². The van der Waals surface area contributed by atoms with E-state index in [2.05, 4.69) is 9.97 Å².